The van der Waals surface area contributed by atoms with Gasteiger partial charge in [-0.2, -0.15) is 0 Å². The van der Waals surface area contributed by atoms with Crippen LogP contribution < -0.4 is 5.32 Å². The fourth-order valence-corrected chi connectivity index (χ4v) is 2.88. The van der Waals surface area contributed by atoms with Crippen LogP contribution in [0.4, 0.5) is 0 Å². The molecule has 92 valence electrons. The number of rotatable bonds is 1. The maximum atomic E-state index is 12.3. The Labute approximate surface area is 100 Å². The number of hydrogen-bond donors (Lipinski definition) is 1. The summed E-state index contributed by atoms with van der Waals surface area (Å²) in [5.74, 6) is 0.804. The average Bonchev–Trinajstić information content (AvgIpc) is 2.95. The topological polar surface area (TPSA) is 58.4 Å². The molecule has 0 radical (unpaired) electrons. The molecule has 0 spiro atoms. The number of fused-ring (bicyclic) bond motifs is 1. The van der Waals surface area contributed by atoms with Crippen LogP contribution in [0.2, 0.25) is 0 Å². The highest BCUT2D eigenvalue weighted by Gasteiger charge is 2.35. The summed E-state index contributed by atoms with van der Waals surface area (Å²) < 4.78 is 4.83. The molecule has 3 heterocycles. The van der Waals surface area contributed by atoms with Gasteiger partial charge in [-0.1, -0.05) is 5.16 Å². The van der Waals surface area contributed by atoms with Crippen molar-refractivity contribution in [1.29, 1.82) is 0 Å². The van der Waals surface area contributed by atoms with Crippen molar-refractivity contribution in [2.75, 3.05) is 19.6 Å². The lowest BCUT2D eigenvalue weighted by molar-refractivity contribution is 0.0668. The van der Waals surface area contributed by atoms with Gasteiger partial charge in [0, 0.05) is 19.1 Å². The summed E-state index contributed by atoms with van der Waals surface area (Å²) >= 11 is 0. The maximum absolute atomic E-state index is 12.3. The van der Waals surface area contributed by atoms with Crippen molar-refractivity contribution in [2.45, 2.75) is 25.8 Å². The third-order valence-corrected chi connectivity index (χ3v) is 3.95. The van der Waals surface area contributed by atoms with E-state index in [4.69, 9.17) is 4.52 Å². The molecule has 2 saturated heterocycles. The summed E-state index contributed by atoms with van der Waals surface area (Å²) in [4.78, 5) is 14.2. The zero-order chi connectivity index (χ0) is 11.8. The lowest BCUT2D eigenvalue weighted by atomic mass is 9.92. The first-order chi connectivity index (χ1) is 8.25. The Morgan fingerprint density at radius 1 is 1.59 bits per heavy atom. The second-order valence-electron chi connectivity index (χ2n) is 4.96. The summed E-state index contributed by atoms with van der Waals surface area (Å²) in [6.45, 7) is 4.56. The molecule has 2 aliphatic rings. The minimum Gasteiger partial charge on any atom is -0.364 e. The highest BCUT2D eigenvalue weighted by molar-refractivity contribution is 5.94. The molecule has 1 amide bonds. The molecular formula is C12H17N3O2. The average molecular weight is 235 g/mol. The molecule has 1 aromatic rings. The molecule has 2 fully saturated rings. The lowest BCUT2D eigenvalue weighted by Crippen LogP contribution is -2.48. The van der Waals surface area contributed by atoms with Gasteiger partial charge in [-0.25, -0.2) is 0 Å². The second kappa shape index (κ2) is 4.14. The largest absolute Gasteiger partial charge is 0.364 e. The summed E-state index contributed by atoms with van der Waals surface area (Å²) in [5.41, 5.74) is 1.28. The Hall–Kier alpha value is -1.36. The van der Waals surface area contributed by atoms with E-state index in [0.717, 1.165) is 32.0 Å². The first-order valence-electron chi connectivity index (χ1n) is 6.19. The van der Waals surface area contributed by atoms with Crippen LogP contribution in [0, 0.1) is 12.8 Å². The molecule has 2 unspecified atom stereocenters. The number of carbonyl (C=O) groups is 1. The van der Waals surface area contributed by atoms with E-state index in [9.17, 15) is 4.79 Å². The van der Waals surface area contributed by atoms with Gasteiger partial charge in [-0.15, -0.1) is 0 Å². The normalized spacial score (nSPS) is 28.2. The molecule has 0 saturated carbocycles. The van der Waals surface area contributed by atoms with Crippen LogP contribution in [0.5, 0.6) is 0 Å². The molecule has 0 aromatic carbocycles. The van der Waals surface area contributed by atoms with Crippen molar-refractivity contribution >= 4 is 5.91 Å². The fourth-order valence-electron chi connectivity index (χ4n) is 2.88. The van der Waals surface area contributed by atoms with Crippen molar-refractivity contribution in [2.24, 2.45) is 5.92 Å². The Balaban J connectivity index is 1.73. The SMILES string of the molecule is Cc1nocc1C(=O)N1CCC2CCNC2C1. The number of hydrogen-bond acceptors (Lipinski definition) is 4. The fraction of sp³-hybridized carbons (Fsp3) is 0.667. The quantitative estimate of drug-likeness (QED) is 0.782. The predicted molar refractivity (Wildman–Crippen MR) is 61.7 cm³/mol. The van der Waals surface area contributed by atoms with Gasteiger partial charge in [0.25, 0.3) is 5.91 Å². The molecule has 1 N–H and O–H groups in total. The van der Waals surface area contributed by atoms with Gasteiger partial charge in [-0.3, -0.25) is 4.79 Å². The van der Waals surface area contributed by atoms with Crippen molar-refractivity contribution in [3.63, 3.8) is 0 Å². The Kier molecular flexibility index (Phi) is 2.63. The van der Waals surface area contributed by atoms with Crippen LogP contribution in [0.1, 0.15) is 28.9 Å². The predicted octanol–water partition coefficient (Wildman–Crippen LogP) is 0.807. The minimum atomic E-state index is 0.0518. The highest BCUT2D eigenvalue weighted by Crippen LogP contribution is 2.26. The first-order valence-corrected chi connectivity index (χ1v) is 6.19. The smallest absolute Gasteiger partial charge is 0.259 e. The van der Waals surface area contributed by atoms with Crippen LogP contribution in [0.15, 0.2) is 10.8 Å². The molecule has 2 atom stereocenters. The van der Waals surface area contributed by atoms with E-state index >= 15 is 0 Å². The minimum absolute atomic E-state index is 0.0518. The monoisotopic (exact) mass is 235 g/mol. The first kappa shape index (κ1) is 10.8. The Bertz CT molecular complexity index is 429. The Morgan fingerprint density at radius 3 is 3.24 bits per heavy atom. The van der Waals surface area contributed by atoms with E-state index in [1.807, 2.05) is 4.90 Å². The van der Waals surface area contributed by atoms with Gasteiger partial charge < -0.3 is 14.7 Å². The summed E-state index contributed by atoms with van der Waals surface area (Å²) in [6, 6.07) is 0.480. The molecule has 0 bridgehead atoms. The molecular weight excluding hydrogens is 218 g/mol. The van der Waals surface area contributed by atoms with Crippen LogP contribution in [0.3, 0.4) is 0 Å². The van der Waals surface area contributed by atoms with E-state index < -0.39 is 0 Å². The molecule has 17 heavy (non-hydrogen) atoms. The van der Waals surface area contributed by atoms with Crippen LogP contribution in [-0.2, 0) is 0 Å². The number of nitrogens with zero attached hydrogens (tertiary/aromatic N) is 2. The van der Waals surface area contributed by atoms with E-state index in [1.54, 1.807) is 6.92 Å². The number of carbonyl (C=O) groups excluding carboxylic acids is 1. The zero-order valence-electron chi connectivity index (χ0n) is 9.98. The van der Waals surface area contributed by atoms with Crippen molar-refractivity contribution in [1.82, 2.24) is 15.4 Å². The zero-order valence-corrected chi connectivity index (χ0v) is 9.98. The third-order valence-electron chi connectivity index (χ3n) is 3.95. The number of aryl methyl sites for hydroxylation is 1. The van der Waals surface area contributed by atoms with Gasteiger partial charge in [0.1, 0.15) is 11.8 Å². The van der Waals surface area contributed by atoms with Gasteiger partial charge in [0.2, 0.25) is 0 Å². The van der Waals surface area contributed by atoms with Gasteiger partial charge in [-0.05, 0) is 32.2 Å². The van der Waals surface area contributed by atoms with E-state index in [2.05, 4.69) is 10.5 Å². The number of piperidine rings is 1. The van der Waals surface area contributed by atoms with E-state index in [0.29, 0.717) is 17.3 Å². The highest BCUT2D eigenvalue weighted by atomic mass is 16.5. The summed E-state index contributed by atoms with van der Waals surface area (Å²) in [7, 11) is 0. The van der Waals surface area contributed by atoms with Gasteiger partial charge in [0.05, 0.1) is 5.69 Å². The number of amides is 1. The Morgan fingerprint density at radius 2 is 2.47 bits per heavy atom. The van der Waals surface area contributed by atoms with Crippen LogP contribution in [0.25, 0.3) is 0 Å². The molecule has 0 aliphatic carbocycles. The molecule has 2 aliphatic heterocycles. The summed E-state index contributed by atoms with van der Waals surface area (Å²) in [5, 5.41) is 7.23. The van der Waals surface area contributed by atoms with Crippen LogP contribution >= 0.6 is 0 Å². The van der Waals surface area contributed by atoms with Crippen molar-refractivity contribution in [3.8, 4) is 0 Å². The molecule has 5 heteroatoms. The lowest BCUT2D eigenvalue weighted by Gasteiger charge is -2.34. The molecule has 1 aromatic heterocycles. The standard InChI is InChI=1S/C12H17N3O2/c1-8-10(7-17-14-8)12(16)15-5-3-9-2-4-13-11(9)6-15/h7,9,11,13H,2-6H2,1H3. The van der Waals surface area contributed by atoms with Crippen molar-refractivity contribution in [3.05, 3.63) is 17.5 Å². The second-order valence-corrected chi connectivity index (χ2v) is 4.96. The van der Waals surface area contributed by atoms with E-state index in [-0.39, 0.29) is 5.91 Å². The number of nitrogens with one attached hydrogen (secondary N) is 1. The molecule has 3 rings (SSSR count). The van der Waals surface area contributed by atoms with Gasteiger partial charge >= 0.3 is 0 Å². The van der Waals surface area contributed by atoms with Crippen molar-refractivity contribution < 1.29 is 9.32 Å². The third kappa shape index (κ3) is 1.84. The summed E-state index contributed by atoms with van der Waals surface area (Å²) in [6.07, 6.45) is 3.80. The molecule has 5 nitrogen and oxygen atoms in total. The van der Waals surface area contributed by atoms with E-state index in [1.165, 1.54) is 12.7 Å². The van der Waals surface area contributed by atoms with Gasteiger partial charge in [0.15, 0.2) is 0 Å². The maximum Gasteiger partial charge on any atom is 0.259 e. The van der Waals surface area contributed by atoms with Crippen LogP contribution in [-0.4, -0.2) is 41.6 Å². The number of aromatic nitrogens is 1. The number of likely N-dealkylation sites (tertiary alicyclic amines) is 1.